The highest BCUT2D eigenvalue weighted by Crippen LogP contribution is 2.08. The molecule has 0 aliphatic carbocycles. The van der Waals surface area contributed by atoms with Crippen molar-refractivity contribution in [1.82, 2.24) is 10.2 Å². The molecule has 0 saturated carbocycles. The van der Waals surface area contributed by atoms with E-state index in [0.29, 0.717) is 6.04 Å². The lowest BCUT2D eigenvalue weighted by molar-refractivity contribution is 0.273. The standard InChI is InChI=1S/C17H24N2/c1-2-3-7-12-19-13-8-11-18-17(15-19)14-16-9-5-4-6-10-16/h4-6,9-10,17-18H,7-8,11-15H2,1H3. The van der Waals surface area contributed by atoms with E-state index in [4.69, 9.17) is 0 Å². The summed E-state index contributed by atoms with van der Waals surface area (Å²) in [5.74, 6) is 6.15. The third kappa shape index (κ3) is 5.06. The van der Waals surface area contributed by atoms with Crippen LogP contribution in [0.4, 0.5) is 0 Å². The molecule has 1 aliphatic heterocycles. The van der Waals surface area contributed by atoms with Gasteiger partial charge >= 0.3 is 0 Å². The van der Waals surface area contributed by atoms with Gasteiger partial charge in [0.2, 0.25) is 0 Å². The topological polar surface area (TPSA) is 15.3 Å². The SMILES string of the molecule is CC#CCCN1CCCNC(Cc2ccccc2)C1. The maximum atomic E-state index is 3.67. The van der Waals surface area contributed by atoms with Crippen LogP contribution in [-0.4, -0.2) is 37.1 Å². The predicted molar refractivity (Wildman–Crippen MR) is 81.1 cm³/mol. The first-order chi connectivity index (χ1) is 9.38. The largest absolute Gasteiger partial charge is 0.312 e. The highest BCUT2D eigenvalue weighted by Gasteiger charge is 2.17. The van der Waals surface area contributed by atoms with Crippen molar-refractivity contribution >= 4 is 0 Å². The van der Waals surface area contributed by atoms with Gasteiger partial charge in [0.1, 0.15) is 0 Å². The fourth-order valence-electron chi connectivity index (χ4n) is 2.65. The number of hydrogen-bond acceptors (Lipinski definition) is 2. The summed E-state index contributed by atoms with van der Waals surface area (Å²) in [5.41, 5.74) is 1.43. The fraction of sp³-hybridized carbons (Fsp3) is 0.529. The van der Waals surface area contributed by atoms with Gasteiger partial charge in [0.05, 0.1) is 0 Å². The summed E-state index contributed by atoms with van der Waals surface area (Å²) >= 11 is 0. The number of nitrogens with zero attached hydrogens (tertiary/aromatic N) is 1. The summed E-state index contributed by atoms with van der Waals surface area (Å²) in [5, 5.41) is 3.67. The zero-order valence-electron chi connectivity index (χ0n) is 11.9. The van der Waals surface area contributed by atoms with Crippen LogP contribution in [0.2, 0.25) is 0 Å². The molecular weight excluding hydrogens is 232 g/mol. The summed E-state index contributed by atoms with van der Waals surface area (Å²) in [6.07, 6.45) is 3.36. The summed E-state index contributed by atoms with van der Waals surface area (Å²) in [4.78, 5) is 2.55. The van der Waals surface area contributed by atoms with Crippen LogP contribution < -0.4 is 5.32 Å². The molecule has 0 bridgehead atoms. The Kier molecular flexibility index (Phi) is 5.94. The molecule has 1 fully saturated rings. The monoisotopic (exact) mass is 256 g/mol. The molecule has 0 radical (unpaired) electrons. The van der Waals surface area contributed by atoms with Crippen LogP contribution in [0.15, 0.2) is 30.3 Å². The predicted octanol–water partition coefficient (Wildman–Crippen LogP) is 2.31. The van der Waals surface area contributed by atoms with Crippen molar-refractivity contribution in [3.05, 3.63) is 35.9 Å². The molecule has 1 atom stereocenters. The van der Waals surface area contributed by atoms with Crippen LogP contribution in [0.5, 0.6) is 0 Å². The summed E-state index contributed by atoms with van der Waals surface area (Å²) in [6.45, 7) is 6.49. The Morgan fingerprint density at radius 2 is 2.16 bits per heavy atom. The van der Waals surface area contributed by atoms with E-state index in [0.717, 1.165) is 32.5 Å². The molecule has 0 amide bonds. The third-order valence-corrected chi connectivity index (χ3v) is 3.62. The number of hydrogen-bond donors (Lipinski definition) is 1. The van der Waals surface area contributed by atoms with Gasteiger partial charge in [0.15, 0.2) is 0 Å². The van der Waals surface area contributed by atoms with Gasteiger partial charge in [-0.1, -0.05) is 30.3 Å². The van der Waals surface area contributed by atoms with Crippen molar-refractivity contribution < 1.29 is 0 Å². The zero-order valence-corrected chi connectivity index (χ0v) is 11.9. The van der Waals surface area contributed by atoms with Crippen LogP contribution >= 0.6 is 0 Å². The number of benzene rings is 1. The second kappa shape index (κ2) is 7.99. The highest BCUT2D eigenvalue weighted by atomic mass is 15.2. The molecule has 1 heterocycles. The van der Waals surface area contributed by atoms with Crippen molar-refractivity contribution in [1.29, 1.82) is 0 Å². The van der Waals surface area contributed by atoms with E-state index >= 15 is 0 Å². The summed E-state index contributed by atoms with van der Waals surface area (Å²) in [6, 6.07) is 11.3. The maximum absolute atomic E-state index is 3.67. The Labute approximate surface area is 117 Å². The van der Waals surface area contributed by atoms with E-state index in [2.05, 4.69) is 52.4 Å². The minimum Gasteiger partial charge on any atom is -0.312 e. The van der Waals surface area contributed by atoms with Gasteiger partial charge in [-0.2, -0.15) is 0 Å². The van der Waals surface area contributed by atoms with Crippen molar-refractivity contribution in [2.75, 3.05) is 26.2 Å². The third-order valence-electron chi connectivity index (χ3n) is 3.62. The molecule has 1 aromatic rings. The second-order valence-electron chi connectivity index (χ2n) is 5.17. The smallest absolute Gasteiger partial charge is 0.0235 e. The van der Waals surface area contributed by atoms with E-state index in [-0.39, 0.29) is 0 Å². The molecule has 2 rings (SSSR count). The Morgan fingerprint density at radius 3 is 2.95 bits per heavy atom. The molecule has 1 N–H and O–H groups in total. The van der Waals surface area contributed by atoms with Crippen LogP contribution in [0.1, 0.15) is 25.3 Å². The molecule has 1 saturated heterocycles. The molecule has 102 valence electrons. The molecule has 0 spiro atoms. The molecule has 1 unspecified atom stereocenters. The molecule has 19 heavy (non-hydrogen) atoms. The van der Waals surface area contributed by atoms with Crippen LogP contribution in [0.25, 0.3) is 0 Å². The van der Waals surface area contributed by atoms with E-state index < -0.39 is 0 Å². The number of nitrogens with one attached hydrogen (secondary N) is 1. The summed E-state index contributed by atoms with van der Waals surface area (Å²) in [7, 11) is 0. The van der Waals surface area contributed by atoms with E-state index in [1.54, 1.807) is 0 Å². The highest BCUT2D eigenvalue weighted by molar-refractivity contribution is 5.16. The molecule has 1 aromatic carbocycles. The van der Waals surface area contributed by atoms with Crippen molar-refractivity contribution in [3.63, 3.8) is 0 Å². The fourth-order valence-corrected chi connectivity index (χ4v) is 2.65. The summed E-state index contributed by atoms with van der Waals surface area (Å²) < 4.78 is 0. The lowest BCUT2D eigenvalue weighted by Crippen LogP contribution is -2.39. The van der Waals surface area contributed by atoms with Gasteiger partial charge in [-0.25, -0.2) is 0 Å². The molecule has 1 aliphatic rings. The normalized spacial score (nSPS) is 20.4. The minimum atomic E-state index is 0.569. The van der Waals surface area contributed by atoms with Gasteiger partial charge in [-0.05, 0) is 38.4 Å². The lowest BCUT2D eigenvalue weighted by Gasteiger charge is -2.23. The first-order valence-corrected chi connectivity index (χ1v) is 7.28. The van der Waals surface area contributed by atoms with E-state index in [1.807, 2.05) is 6.92 Å². The Hall–Kier alpha value is -1.30. The van der Waals surface area contributed by atoms with Crippen LogP contribution in [0.3, 0.4) is 0 Å². The van der Waals surface area contributed by atoms with Gasteiger partial charge < -0.3 is 10.2 Å². The lowest BCUT2D eigenvalue weighted by atomic mass is 10.1. The average Bonchev–Trinajstić information content (AvgIpc) is 2.66. The first-order valence-electron chi connectivity index (χ1n) is 7.28. The van der Waals surface area contributed by atoms with Gasteiger partial charge in [-0.15, -0.1) is 11.8 Å². The van der Waals surface area contributed by atoms with Crippen molar-refractivity contribution in [3.8, 4) is 11.8 Å². The van der Waals surface area contributed by atoms with Gasteiger partial charge in [0, 0.05) is 25.6 Å². The first kappa shape index (κ1) is 14.1. The van der Waals surface area contributed by atoms with Gasteiger partial charge in [0.25, 0.3) is 0 Å². The zero-order chi connectivity index (χ0) is 13.3. The van der Waals surface area contributed by atoms with Crippen molar-refractivity contribution in [2.24, 2.45) is 0 Å². The molecular formula is C17H24N2. The quantitative estimate of drug-likeness (QED) is 0.832. The van der Waals surface area contributed by atoms with Gasteiger partial charge in [-0.3, -0.25) is 0 Å². The molecule has 2 nitrogen and oxygen atoms in total. The minimum absolute atomic E-state index is 0.569. The van der Waals surface area contributed by atoms with Crippen molar-refractivity contribution in [2.45, 2.75) is 32.2 Å². The average molecular weight is 256 g/mol. The number of rotatable bonds is 4. The molecule has 2 heteroatoms. The Bertz CT molecular complexity index is 416. The van der Waals surface area contributed by atoms with Crippen LogP contribution in [0, 0.1) is 11.8 Å². The second-order valence-corrected chi connectivity index (χ2v) is 5.17. The molecule has 0 aromatic heterocycles. The van der Waals surface area contributed by atoms with Crippen LogP contribution in [-0.2, 0) is 6.42 Å². The Balaban J connectivity index is 1.86. The Morgan fingerprint density at radius 1 is 1.32 bits per heavy atom. The van der Waals surface area contributed by atoms with E-state index in [9.17, 15) is 0 Å². The maximum Gasteiger partial charge on any atom is 0.0235 e. The van der Waals surface area contributed by atoms with E-state index in [1.165, 1.54) is 18.5 Å².